The number of likely N-dealkylation sites (N-methyl/N-ethyl adjacent to an activating group) is 1. The zero-order valence-corrected chi connectivity index (χ0v) is 11.3. The van der Waals surface area contributed by atoms with Crippen molar-refractivity contribution in [3.8, 4) is 11.5 Å². The molecule has 4 heteroatoms. The first-order chi connectivity index (χ1) is 8.62. The van der Waals surface area contributed by atoms with Gasteiger partial charge in [0.2, 0.25) is 5.91 Å². The second kappa shape index (κ2) is 6.69. The van der Waals surface area contributed by atoms with Crippen LogP contribution in [0.4, 0.5) is 0 Å². The predicted octanol–water partition coefficient (Wildman–Crippen LogP) is 2.20. The first-order valence-corrected chi connectivity index (χ1v) is 5.77. The van der Waals surface area contributed by atoms with Crippen LogP contribution in [0.5, 0.6) is 11.5 Å². The van der Waals surface area contributed by atoms with Crippen molar-refractivity contribution in [1.29, 1.82) is 0 Å². The van der Waals surface area contributed by atoms with Crippen molar-refractivity contribution in [2.75, 3.05) is 27.8 Å². The van der Waals surface area contributed by atoms with E-state index in [1.807, 2.05) is 19.1 Å². The van der Waals surface area contributed by atoms with Gasteiger partial charge in [0.25, 0.3) is 0 Å². The molecule has 4 nitrogen and oxygen atoms in total. The molecule has 0 aliphatic rings. The van der Waals surface area contributed by atoms with Crippen LogP contribution in [0.2, 0.25) is 0 Å². The average molecular weight is 249 g/mol. The van der Waals surface area contributed by atoms with Gasteiger partial charge in [0.15, 0.2) is 0 Å². The summed E-state index contributed by atoms with van der Waals surface area (Å²) in [5.74, 6) is 1.37. The Hall–Kier alpha value is -1.97. The number of carbonyl (C=O) groups is 1. The van der Waals surface area contributed by atoms with E-state index in [-0.39, 0.29) is 5.91 Å². The third-order valence-electron chi connectivity index (χ3n) is 2.70. The molecule has 0 unspecified atom stereocenters. The number of hydrogen-bond acceptors (Lipinski definition) is 3. The van der Waals surface area contributed by atoms with Gasteiger partial charge in [0.05, 0.1) is 14.2 Å². The Bertz CT molecular complexity index is 441. The topological polar surface area (TPSA) is 38.8 Å². The minimum atomic E-state index is -0.0321. The largest absolute Gasteiger partial charge is 0.497 e. The molecular weight excluding hydrogens is 230 g/mol. The molecule has 1 aromatic carbocycles. The van der Waals surface area contributed by atoms with Crippen molar-refractivity contribution in [2.45, 2.75) is 6.92 Å². The van der Waals surface area contributed by atoms with E-state index in [4.69, 9.17) is 9.47 Å². The predicted molar refractivity (Wildman–Crippen MR) is 71.9 cm³/mol. The van der Waals surface area contributed by atoms with Gasteiger partial charge in [-0.05, 0) is 25.1 Å². The molecular formula is C14H19NO3. The van der Waals surface area contributed by atoms with E-state index < -0.39 is 0 Å². The highest BCUT2D eigenvalue weighted by atomic mass is 16.5. The number of rotatable bonds is 5. The number of amides is 1. The lowest BCUT2D eigenvalue weighted by atomic mass is 10.1. The fraction of sp³-hybridized carbons (Fsp3) is 0.357. The molecule has 98 valence electrons. The number of carbonyl (C=O) groups excluding carboxylic acids is 1. The Morgan fingerprint density at radius 3 is 2.61 bits per heavy atom. The molecule has 0 radical (unpaired) electrons. The summed E-state index contributed by atoms with van der Waals surface area (Å²) >= 11 is 0. The third-order valence-corrected chi connectivity index (χ3v) is 2.70. The molecule has 0 aromatic heterocycles. The number of hydrogen-bond donors (Lipinski definition) is 0. The van der Waals surface area contributed by atoms with Crippen molar-refractivity contribution in [3.05, 3.63) is 29.8 Å². The minimum Gasteiger partial charge on any atom is -0.497 e. The highest BCUT2D eigenvalue weighted by molar-refractivity contribution is 5.92. The molecule has 0 N–H and O–H groups in total. The third kappa shape index (κ3) is 3.52. The highest BCUT2D eigenvalue weighted by Crippen LogP contribution is 2.25. The molecule has 0 saturated carbocycles. The zero-order valence-electron chi connectivity index (χ0n) is 11.3. The first-order valence-electron chi connectivity index (χ1n) is 5.77. The average Bonchev–Trinajstić information content (AvgIpc) is 2.43. The molecule has 0 saturated heterocycles. The molecule has 18 heavy (non-hydrogen) atoms. The molecule has 0 aliphatic carbocycles. The second-order valence-electron chi connectivity index (χ2n) is 3.79. The quantitative estimate of drug-likeness (QED) is 0.751. The molecule has 1 aromatic rings. The number of benzene rings is 1. The van der Waals surface area contributed by atoms with Gasteiger partial charge in [-0.3, -0.25) is 4.79 Å². The van der Waals surface area contributed by atoms with Gasteiger partial charge >= 0.3 is 0 Å². The fourth-order valence-electron chi connectivity index (χ4n) is 1.40. The van der Waals surface area contributed by atoms with Crippen LogP contribution in [0, 0.1) is 0 Å². The maximum absolute atomic E-state index is 11.6. The zero-order chi connectivity index (χ0) is 13.5. The maximum atomic E-state index is 11.6. The van der Waals surface area contributed by atoms with Crippen LogP contribution in [-0.4, -0.2) is 38.6 Å². The Balaban J connectivity index is 2.90. The van der Waals surface area contributed by atoms with Crippen LogP contribution < -0.4 is 9.47 Å². The lowest BCUT2D eigenvalue weighted by molar-refractivity contribution is -0.124. The molecule has 1 amide bonds. The van der Waals surface area contributed by atoms with E-state index in [9.17, 15) is 4.79 Å². The number of methoxy groups -OCH3 is 2. The summed E-state index contributed by atoms with van der Waals surface area (Å²) in [4.78, 5) is 13.3. The van der Waals surface area contributed by atoms with Crippen LogP contribution in [-0.2, 0) is 4.79 Å². The first kappa shape index (κ1) is 14.1. The summed E-state index contributed by atoms with van der Waals surface area (Å²) in [5.41, 5.74) is 0.844. The fourth-order valence-corrected chi connectivity index (χ4v) is 1.40. The van der Waals surface area contributed by atoms with Gasteiger partial charge in [-0.2, -0.15) is 0 Å². The summed E-state index contributed by atoms with van der Waals surface area (Å²) in [5, 5.41) is 0. The van der Waals surface area contributed by atoms with Crippen molar-refractivity contribution >= 4 is 12.0 Å². The molecule has 0 aliphatic heterocycles. The maximum Gasteiger partial charge on any atom is 0.246 e. The lowest BCUT2D eigenvalue weighted by Gasteiger charge is -2.11. The van der Waals surface area contributed by atoms with Gasteiger partial charge in [0.1, 0.15) is 11.5 Å². The Labute approximate surface area is 108 Å². The smallest absolute Gasteiger partial charge is 0.246 e. The van der Waals surface area contributed by atoms with E-state index in [1.54, 1.807) is 38.3 Å². The van der Waals surface area contributed by atoms with Gasteiger partial charge in [-0.1, -0.05) is 0 Å². The van der Waals surface area contributed by atoms with Gasteiger partial charge in [0, 0.05) is 31.3 Å². The Morgan fingerprint density at radius 2 is 2.06 bits per heavy atom. The summed E-state index contributed by atoms with van der Waals surface area (Å²) in [7, 11) is 4.95. The van der Waals surface area contributed by atoms with Crippen LogP contribution in [0.1, 0.15) is 12.5 Å². The number of nitrogens with zero attached hydrogens (tertiary/aromatic N) is 1. The highest BCUT2D eigenvalue weighted by Gasteiger charge is 2.04. The van der Waals surface area contributed by atoms with E-state index in [0.29, 0.717) is 12.3 Å². The summed E-state index contributed by atoms with van der Waals surface area (Å²) in [6, 6.07) is 5.47. The van der Waals surface area contributed by atoms with Crippen molar-refractivity contribution in [3.63, 3.8) is 0 Å². The van der Waals surface area contributed by atoms with Crippen molar-refractivity contribution in [2.24, 2.45) is 0 Å². The van der Waals surface area contributed by atoms with Crippen LogP contribution in [0.25, 0.3) is 6.08 Å². The SMILES string of the molecule is CCN(C)C(=O)/C=C/c1ccc(OC)cc1OC. The van der Waals surface area contributed by atoms with Crippen molar-refractivity contribution < 1.29 is 14.3 Å². The van der Waals surface area contributed by atoms with E-state index in [2.05, 4.69) is 0 Å². The second-order valence-corrected chi connectivity index (χ2v) is 3.79. The summed E-state index contributed by atoms with van der Waals surface area (Å²) in [6.07, 6.45) is 3.28. The molecule has 0 heterocycles. The lowest BCUT2D eigenvalue weighted by Crippen LogP contribution is -2.23. The normalized spacial score (nSPS) is 10.4. The molecule has 0 fully saturated rings. The molecule has 0 atom stereocenters. The van der Waals surface area contributed by atoms with Gasteiger partial charge in [-0.15, -0.1) is 0 Å². The summed E-state index contributed by atoms with van der Waals surface area (Å²) < 4.78 is 10.4. The molecule has 0 spiro atoms. The minimum absolute atomic E-state index is 0.0321. The van der Waals surface area contributed by atoms with Crippen LogP contribution in [0.3, 0.4) is 0 Å². The summed E-state index contributed by atoms with van der Waals surface area (Å²) in [6.45, 7) is 2.61. The van der Waals surface area contributed by atoms with Crippen molar-refractivity contribution in [1.82, 2.24) is 4.90 Å². The Morgan fingerprint density at radius 1 is 1.33 bits per heavy atom. The van der Waals surface area contributed by atoms with E-state index >= 15 is 0 Å². The van der Waals surface area contributed by atoms with Crippen LogP contribution in [0.15, 0.2) is 24.3 Å². The van der Waals surface area contributed by atoms with E-state index in [0.717, 1.165) is 11.3 Å². The number of ether oxygens (including phenoxy) is 2. The standard InChI is InChI=1S/C14H19NO3/c1-5-15(2)14(16)9-7-11-6-8-12(17-3)10-13(11)18-4/h6-10H,5H2,1-4H3/b9-7+. The Kier molecular flexibility index (Phi) is 5.24. The van der Waals surface area contributed by atoms with Gasteiger partial charge < -0.3 is 14.4 Å². The van der Waals surface area contributed by atoms with Crippen LogP contribution >= 0.6 is 0 Å². The molecule has 1 rings (SSSR count). The van der Waals surface area contributed by atoms with E-state index in [1.165, 1.54) is 6.08 Å². The molecule has 0 bridgehead atoms. The monoisotopic (exact) mass is 249 g/mol. The van der Waals surface area contributed by atoms with Gasteiger partial charge in [-0.25, -0.2) is 0 Å².